The van der Waals surface area contributed by atoms with Crippen molar-refractivity contribution in [1.82, 2.24) is 5.32 Å². The van der Waals surface area contributed by atoms with Gasteiger partial charge in [-0.3, -0.25) is 0 Å². The summed E-state index contributed by atoms with van der Waals surface area (Å²) in [4.78, 5) is 0. The van der Waals surface area contributed by atoms with Crippen LogP contribution in [0.4, 0.5) is 4.39 Å². The van der Waals surface area contributed by atoms with Crippen LogP contribution in [0.5, 0.6) is 5.75 Å². The number of nitrogens with one attached hydrogen (secondary N) is 1. The molecule has 0 fully saturated rings. The third-order valence-electron chi connectivity index (χ3n) is 3.12. The summed E-state index contributed by atoms with van der Waals surface area (Å²) in [6.07, 6.45) is 2.90. The van der Waals surface area contributed by atoms with Gasteiger partial charge in [0.05, 0.1) is 7.11 Å². The minimum Gasteiger partial charge on any atom is -0.494 e. The van der Waals surface area contributed by atoms with Crippen LogP contribution >= 0.6 is 0 Å². The summed E-state index contributed by atoms with van der Waals surface area (Å²) in [6, 6.07) is 5.26. The zero-order valence-electron chi connectivity index (χ0n) is 12.7. The number of ether oxygens (including phenoxy) is 2. The van der Waals surface area contributed by atoms with Crippen LogP contribution in [-0.4, -0.2) is 26.9 Å². The lowest BCUT2D eigenvalue weighted by Crippen LogP contribution is -2.23. The third kappa shape index (κ3) is 5.47. The van der Waals surface area contributed by atoms with Gasteiger partial charge in [-0.2, -0.15) is 0 Å². The Hall–Kier alpha value is -1.13. The van der Waals surface area contributed by atoms with Crippen LogP contribution in [0.25, 0.3) is 0 Å². The Morgan fingerprint density at radius 2 is 2.00 bits per heavy atom. The van der Waals surface area contributed by atoms with Crippen molar-refractivity contribution >= 4 is 0 Å². The predicted molar refractivity (Wildman–Crippen MR) is 79.7 cm³/mol. The molecule has 4 heteroatoms. The average Bonchev–Trinajstić information content (AvgIpc) is 2.46. The molecule has 0 aromatic heterocycles. The average molecular weight is 283 g/mol. The Kier molecular flexibility index (Phi) is 8.23. The van der Waals surface area contributed by atoms with Gasteiger partial charge in [0.1, 0.15) is 0 Å². The molecule has 3 nitrogen and oxygen atoms in total. The summed E-state index contributed by atoms with van der Waals surface area (Å²) in [6.45, 7) is 6.57. The SMILES string of the molecule is CCCNC(CCOCCC)c1ccc(OC)c(F)c1. The topological polar surface area (TPSA) is 30.5 Å². The van der Waals surface area contributed by atoms with Crippen LogP contribution in [0.1, 0.15) is 44.7 Å². The van der Waals surface area contributed by atoms with Crippen LogP contribution in [0.2, 0.25) is 0 Å². The molecule has 20 heavy (non-hydrogen) atoms. The fourth-order valence-electron chi connectivity index (χ4n) is 2.05. The second-order valence-electron chi connectivity index (χ2n) is 4.80. The van der Waals surface area contributed by atoms with Crippen molar-refractivity contribution in [3.63, 3.8) is 0 Å². The predicted octanol–water partition coefficient (Wildman–Crippen LogP) is 3.69. The second kappa shape index (κ2) is 9.72. The van der Waals surface area contributed by atoms with E-state index in [-0.39, 0.29) is 17.6 Å². The number of benzene rings is 1. The van der Waals surface area contributed by atoms with Crippen LogP contribution in [-0.2, 0) is 4.74 Å². The second-order valence-corrected chi connectivity index (χ2v) is 4.80. The molecule has 1 aromatic rings. The van der Waals surface area contributed by atoms with Gasteiger partial charge >= 0.3 is 0 Å². The van der Waals surface area contributed by atoms with E-state index in [9.17, 15) is 4.39 Å². The molecule has 0 heterocycles. The zero-order valence-corrected chi connectivity index (χ0v) is 12.7. The Labute approximate surface area is 121 Å². The normalized spacial score (nSPS) is 12.4. The Morgan fingerprint density at radius 3 is 2.60 bits per heavy atom. The van der Waals surface area contributed by atoms with Crippen LogP contribution in [0.15, 0.2) is 18.2 Å². The highest BCUT2D eigenvalue weighted by molar-refractivity contribution is 5.31. The summed E-state index contributed by atoms with van der Waals surface area (Å²) >= 11 is 0. The first-order valence-electron chi connectivity index (χ1n) is 7.37. The first-order chi connectivity index (χ1) is 9.72. The fourth-order valence-corrected chi connectivity index (χ4v) is 2.05. The first kappa shape index (κ1) is 16.9. The highest BCUT2D eigenvalue weighted by Gasteiger charge is 2.13. The molecular formula is C16H26FNO2. The quantitative estimate of drug-likeness (QED) is 0.664. The van der Waals surface area contributed by atoms with Crippen molar-refractivity contribution in [2.45, 2.75) is 39.2 Å². The van der Waals surface area contributed by atoms with E-state index in [4.69, 9.17) is 9.47 Å². The molecule has 1 rings (SSSR count). The van der Waals surface area contributed by atoms with E-state index in [1.807, 2.05) is 6.07 Å². The molecular weight excluding hydrogens is 257 g/mol. The summed E-state index contributed by atoms with van der Waals surface area (Å²) in [5.41, 5.74) is 0.942. The summed E-state index contributed by atoms with van der Waals surface area (Å²) < 4.78 is 24.3. The lowest BCUT2D eigenvalue weighted by molar-refractivity contribution is 0.124. The Morgan fingerprint density at radius 1 is 1.20 bits per heavy atom. The van der Waals surface area contributed by atoms with Crippen molar-refractivity contribution in [3.8, 4) is 5.75 Å². The smallest absolute Gasteiger partial charge is 0.165 e. The molecule has 0 saturated heterocycles. The minimum absolute atomic E-state index is 0.118. The summed E-state index contributed by atoms with van der Waals surface area (Å²) in [5.74, 6) is -0.0343. The lowest BCUT2D eigenvalue weighted by Gasteiger charge is -2.19. The lowest BCUT2D eigenvalue weighted by atomic mass is 10.0. The van der Waals surface area contributed by atoms with Gasteiger partial charge < -0.3 is 14.8 Å². The molecule has 0 aliphatic carbocycles. The third-order valence-corrected chi connectivity index (χ3v) is 3.12. The standard InChI is InChI=1S/C16H26FNO2/c1-4-9-18-15(8-11-20-10-5-2)13-6-7-16(19-3)14(17)12-13/h6-7,12,15,18H,4-5,8-11H2,1-3H3. The van der Waals surface area contributed by atoms with Crippen molar-refractivity contribution in [2.24, 2.45) is 0 Å². The maximum absolute atomic E-state index is 13.8. The molecule has 1 N–H and O–H groups in total. The molecule has 0 spiro atoms. The van der Waals surface area contributed by atoms with Crippen molar-refractivity contribution < 1.29 is 13.9 Å². The summed E-state index contributed by atoms with van der Waals surface area (Å²) in [5, 5.41) is 3.44. The van der Waals surface area contributed by atoms with Crippen molar-refractivity contribution in [3.05, 3.63) is 29.6 Å². The van der Waals surface area contributed by atoms with E-state index in [0.717, 1.165) is 38.0 Å². The van der Waals surface area contributed by atoms with E-state index in [1.54, 1.807) is 12.1 Å². The molecule has 0 aliphatic rings. The van der Waals surface area contributed by atoms with Gasteiger partial charge in [-0.25, -0.2) is 4.39 Å². The van der Waals surface area contributed by atoms with Crippen LogP contribution in [0, 0.1) is 5.82 Å². The van der Waals surface area contributed by atoms with Crippen LogP contribution < -0.4 is 10.1 Å². The molecule has 0 radical (unpaired) electrons. The highest BCUT2D eigenvalue weighted by Crippen LogP contribution is 2.23. The van der Waals surface area contributed by atoms with Gasteiger partial charge in [0.15, 0.2) is 11.6 Å². The molecule has 1 atom stereocenters. The van der Waals surface area contributed by atoms with Gasteiger partial charge in [-0.15, -0.1) is 0 Å². The molecule has 0 amide bonds. The van der Waals surface area contributed by atoms with Gasteiger partial charge in [-0.05, 0) is 43.5 Å². The van der Waals surface area contributed by atoms with E-state index in [0.29, 0.717) is 6.61 Å². The maximum Gasteiger partial charge on any atom is 0.165 e. The van der Waals surface area contributed by atoms with Crippen molar-refractivity contribution in [1.29, 1.82) is 0 Å². The molecule has 0 saturated carbocycles. The Bertz CT molecular complexity index is 385. The van der Waals surface area contributed by atoms with E-state index < -0.39 is 0 Å². The van der Waals surface area contributed by atoms with Gasteiger partial charge in [0, 0.05) is 19.3 Å². The highest BCUT2D eigenvalue weighted by atomic mass is 19.1. The van der Waals surface area contributed by atoms with Crippen LogP contribution in [0.3, 0.4) is 0 Å². The number of hydrogen-bond acceptors (Lipinski definition) is 3. The van der Waals surface area contributed by atoms with Gasteiger partial charge in [0.2, 0.25) is 0 Å². The molecule has 0 bridgehead atoms. The number of rotatable bonds is 10. The minimum atomic E-state index is -0.317. The molecule has 0 aliphatic heterocycles. The Balaban J connectivity index is 2.68. The first-order valence-corrected chi connectivity index (χ1v) is 7.37. The molecule has 1 aromatic carbocycles. The van der Waals surface area contributed by atoms with Gasteiger partial charge in [0.25, 0.3) is 0 Å². The number of hydrogen-bond donors (Lipinski definition) is 1. The summed E-state index contributed by atoms with van der Waals surface area (Å²) in [7, 11) is 1.48. The van der Waals surface area contributed by atoms with Gasteiger partial charge in [-0.1, -0.05) is 19.9 Å². The zero-order chi connectivity index (χ0) is 14.8. The van der Waals surface area contributed by atoms with E-state index in [2.05, 4.69) is 19.2 Å². The largest absolute Gasteiger partial charge is 0.494 e. The fraction of sp³-hybridized carbons (Fsp3) is 0.625. The molecule has 114 valence electrons. The number of methoxy groups -OCH3 is 1. The monoisotopic (exact) mass is 283 g/mol. The van der Waals surface area contributed by atoms with E-state index in [1.165, 1.54) is 7.11 Å². The van der Waals surface area contributed by atoms with E-state index >= 15 is 0 Å². The molecule has 1 unspecified atom stereocenters. The van der Waals surface area contributed by atoms with Crippen molar-refractivity contribution in [2.75, 3.05) is 26.9 Å². The number of halogens is 1. The maximum atomic E-state index is 13.8.